The average Bonchev–Trinajstić information content (AvgIpc) is 2.13. The van der Waals surface area contributed by atoms with E-state index in [0.29, 0.717) is 0 Å². The third kappa shape index (κ3) is 3.62. The summed E-state index contributed by atoms with van der Waals surface area (Å²) >= 11 is 5.48. The van der Waals surface area contributed by atoms with E-state index in [1.807, 2.05) is 5.43 Å². The van der Waals surface area contributed by atoms with E-state index in [1.165, 1.54) is 12.1 Å². The number of rotatable bonds is 3. The summed E-state index contributed by atoms with van der Waals surface area (Å²) in [5.74, 6) is 4.15. The average molecular weight is 257 g/mol. The zero-order valence-corrected chi connectivity index (χ0v) is 8.74. The smallest absolute Gasteiger partial charge is 0.271 e. The molecule has 0 aliphatic heterocycles. The van der Waals surface area contributed by atoms with E-state index in [-0.39, 0.29) is 10.6 Å². The summed E-state index contributed by atoms with van der Waals surface area (Å²) in [6.07, 6.45) is -5.68. The molecule has 1 atom stereocenters. The van der Waals surface area contributed by atoms with Crippen LogP contribution in [-0.2, 0) is 0 Å². The number of hydrogen-bond donors (Lipinski definition) is 2. The predicted molar refractivity (Wildman–Crippen MR) is 52.1 cm³/mol. The minimum absolute atomic E-state index is 0.115. The van der Waals surface area contributed by atoms with Crippen LogP contribution in [0.4, 0.5) is 17.6 Å². The van der Waals surface area contributed by atoms with E-state index in [1.54, 1.807) is 0 Å². The van der Waals surface area contributed by atoms with E-state index in [4.69, 9.17) is 17.4 Å². The lowest BCUT2D eigenvalue weighted by molar-refractivity contribution is -0.140. The highest BCUT2D eigenvalue weighted by atomic mass is 35.5. The minimum Gasteiger partial charge on any atom is -0.271 e. The highest BCUT2D eigenvalue weighted by Crippen LogP contribution is 2.30. The molecule has 1 unspecified atom stereocenters. The van der Waals surface area contributed by atoms with Gasteiger partial charge >= 0.3 is 6.18 Å². The van der Waals surface area contributed by atoms with Crippen molar-refractivity contribution < 1.29 is 17.6 Å². The maximum Gasteiger partial charge on any atom is 0.390 e. The molecule has 0 fully saturated rings. The molecular weight excluding hydrogens is 248 g/mol. The number of nitrogens with one attached hydrogen (secondary N) is 1. The summed E-state index contributed by atoms with van der Waals surface area (Å²) in [6, 6.07) is 2.10. The van der Waals surface area contributed by atoms with E-state index < -0.39 is 24.5 Å². The van der Waals surface area contributed by atoms with Gasteiger partial charge in [0.1, 0.15) is 5.82 Å². The van der Waals surface area contributed by atoms with Crippen molar-refractivity contribution >= 4 is 11.6 Å². The van der Waals surface area contributed by atoms with Crippen LogP contribution in [-0.4, -0.2) is 6.18 Å². The first-order chi connectivity index (χ1) is 7.33. The molecule has 0 spiro atoms. The Hall–Kier alpha value is -0.850. The number of nitrogens with two attached hydrogens (primary N) is 1. The standard InChI is InChI=1S/C9H9ClF4N2/c10-5-1-2-6(7(11)3-5)8(16-15)4-9(12,13)14/h1-3,8,16H,4,15H2. The molecule has 0 saturated carbocycles. The molecule has 16 heavy (non-hydrogen) atoms. The van der Waals surface area contributed by atoms with Gasteiger partial charge in [0, 0.05) is 10.6 Å². The number of hydrazine groups is 1. The molecule has 0 aliphatic rings. The fourth-order valence-electron chi connectivity index (χ4n) is 1.27. The molecule has 0 saturated heterocycles. The third-order valence-electron chi connectivity index (χ3n) is 1.97. The number of benzene rings is 1. The Kier molecular flexibility index (Phi) is 4.12. The van der Waals surface area contributed by atoms with Gasteiger partial charge in [-0.15, -0.1) is 0 Å². The number of halogens is 5. The quantitative estimate of drug-likeness (QED) is 0.496. The second-order valence-electron chi connectivity index (χ2n) is 3.20. The molecule has 0 aromatic heterocycles. The molecule has 1 aromatic rings. The lowest BCUT2D eigenvalue weighted by Gasteiger charge is -2.18. The van der Waals surface area contributed by atoms with Gasteiger partial charge in [0.2, 0.25) is 0 Å². The van der Waals surface area contributed by atoms with Crippen LogP contribution in [0.2, 0.25) is 5.02 Å². The minimum atomic E-state index is -4.43. The van der Waals surface area contributed by atoms with Crippen molar-refractivity contribution in [2.75, 3.05) is 0 Å². The van der Waals surface area contributed by atoms with Gasteiger partial charge in [0.05, 0.1) is 12.5 Å². The fourth-order valence-corrected chi connectivity index (χ4v) is 1.43. The maximum absolute atomic E-state index is 13.3. The van der Waals surface area contributed by atoms with Gasteiger partial charge in [0.15, 0.2) is 0 Å². The Bertz CT molecular complexity index is 367. The molecule has 0 aliphatic carbocycles. The molecule has 0 heterocycles. The maximum atomic E-state index is 13.3. The van der Waals surface area contributed by atoms with Gasteiger partial charge < -0.3 is 0 Å². The van der Waals surface area contributed by atoms with Crippen LogP contribution in [0, 0.1) is 5.82 Å². The highest BCUT2D eigenvalue weighted by Gasteiger charge is 2.33. The molecule has 1 rings (SSSR count). The van der Waals surface area contributed by atoms with Gasteiger partial charge in [-0.2, -0.15) is 13.2 Å². The van der Waals surface area contributed by atoms with Crippen LogP contribution in [0.25, 0.3) is 0 Å². The number of hydrogen-bond acceptors (Lipinski definition) is 2. The lowest BCUT2D eigenvalue weighted by atomic mass is 10.0. The van der Waals surface area contributed by atoms with Crippen LogP contribution in [0.5, 0.6) is 0 Å². The van der Waals surface area contributed by atoms with Crippen molar-refractivity contribution in [2.45, 2.75) is 18.6 Å². The third-order valence-corrected chi connectivity index (χ3v) is 2.21. The van der Waals surface area contributed by atoms with Crippen LogP contribution in [0.3, 0.4) is 0 Å². The molecule has 0 radical (unpaired) electrons. The topological polar surface area (TPSA) is 38.0 Å². The Labute approximate surface area is 94.4 Å². The first-order valence-electron chi connectivity index (χ1n) is 4.31. The molecule has 7 heteroatoms. The van der Waals surface area contributed by atoms with Crippen LogP contribution < -0.4 is 11.3 Å². The first kappa shape index (κ1) is 13.2. The van der Waals surface area contributed by atoms with Crippen LogP contribution in [0.1, 0.15) is 18.0 Å². The molecular formula is C9H9ClF4N2. The summed E-state index contributed by atoms with van der Waals surface area (Å²) < 4.78 is 49.8. The van der Waals surface area contributed by atoms with Crippen LogP contribution >= 0.6 is 11.6 Å². The molecule has 2 nitrogen and oxygen atoms in total. The molecule has 0 amide bonds. The molecule has 0 bridgehead atoms. The Balaban J connectivity index is 2.95. The summed E-state index contributed by atoms with van der Waals surface area (Å²) in [7, 11) is 0. The molecule has 1 aromatic carbocycles. The van der Waals surface area contributed by atoms with E-state index in [0.717, 1.165) is 6.07 Å². The van der Waals surface area contributed by atoms with Crippen molar-refractivity contribution in [3.63, 3.8) is 0 Å². The van der Waals surface area contributed by atoms with Gasteiger partial charge in [0.25, 0.3) is 0 Å². The van der Waals surface area contributed by atoms with Gasteiger partial charge in [-0.1, -0.05) is 17.7 Å². The van der Waals surface area contributed by atoms with Crippen molar-refractivity contribution in [3.8, 4) is 0 Å². The predicted octanol–water partition coefficient (Wildman–Crippen LogP) is 2.94. The zero-order chi connectivity index (χ0) is 12.3. The Morgan fingerprint density at radius 1 is 1.38 bits per heavy atom. The Morgan fingerprint density at radius 2 is 2.00 bits per heavy atom. The largest absolute Gasteiger partial charge is 0.390 e. The van der Waals surface area contributed by atoms with E-state index in [9.17, 15) is 17.6 Å². The summed E-state index contributed by atoms with van der Waals surface area (Å²) in [5.41, 5.74) is 1.77. The monoisotopic (exact) mass is 256 g/mol. The SMILES string of the molecule is NNC(CC(F)(F)F)c1ccc(Cl)cc1F. The van der Waals surface area contributed by atoms with Crippen molar-refractivity contribution in [3.05, 3.63) is 34.6 Å². The second kappa shape index (κ2) is 4.99. The van der Waals surface area contributed by atoms with Crippen molar-refractivity contribution in [1.29, 1.82) is 0 Å². The van der Waals surface area contributed by atoms with E-state index in [2.05, 4.69) is 0 Å². The van der Waals surface area contributed by atoms with E-state index >= 15 is 0 Å². The van der Waals surface area contributed by atoms with Crippen LogP contribution in [0.15, 0.2) is 18.2 Å². The first-order valence-corrected chi connectivity index (χ1v) is 4.69. The second-order valence-corrected chi connectivity index (χ2v) is 3.64. The Morgan fingerprint density at radius 3 is 2.44 bits per heavy atom. The van der Waals surface area contributed by atoms with Crippen molar-refractivity contribution in [1.82, 2.24) is 5.43 Å². The lowest BCUT2D eigenvalue weighted by Crippen LogP contribution is -2.32. The zero-order valence-electron chi connectivity index (χ0n) is 7.98. The van der Waals surface area contributed by atoms with Gasteiger partial charge in [-0.05, 0) is 12.1 Å². The normalized spacial score (nSPS) is 13.9. The summed E-state index contributed by atoms with van der Waals surface area (Å²) in [4.78, 5) is 0. The van der Waals surface area contributed by atoms with Gasteiger partial charge in [-0.25, -0.2) is 4.39 Å². The molecule has 90 valence electrons. The fraction of sp³-hybridized carbons (Fsp3) is 0.333. The van der Waals surface area contributed by atoms with Gasteiger partial charge in [-0.3, -0.25) is 11.3 Å². The summed E-state index contributed by atoms with van der Waals surface area (Å²) in [5, 5.41) is 0.115. The number of alkyl halides is 3. The van der Waals surface area contributed by atoms with Crippen molar-refractivity contribution in [2.24, 2.45) is 5.84 Å². The summed E-state index contributed by atoms with van der Waals surface area (Å²) in [6.45, 7) is 0. The highest BCUT2D eigenvalue weighted by molar-refractivity contribution is 6.30. The molecule has 3 N–H and O–H groups in total.